The van der Waals surface area contributed by atoms with Gasteiger partial charge in [-0.1, -0.05) is 6.07 Å². The summed E-state index contributed by atoms with van der Waals surface area (Å²) >= 11 is 0. The fourth-order valence-electron chi connectivity index (χ4n) is 2.96. The molecule has 2 aromatic rings. The summed E-state index contributed by atoms with van der Waals surface area (Å²) in [6, 6.07) is 4.76. The number of fused-ring (bicyclic) bond motifs is 1. The molecule has 1 aromatic carbocycles. The number of hydrogen-bond acceptors (Lipinski definition) is 3. The van der Waals surface area contributed by atoms with Gasteiger partial charge >= 0.3 is 0 Å². The van der Waals surface area contributed by atoms with Crippen LogP contribution in [0.3, 0.4) is 0 Å². The van der Waals surface area contributed by atoms with Gasteiger partial charge in [-0.3, -0.25) is 14.8 Å². The molecule has 0 bridgehead atoms. The maximum absolute atomic E-state index is 13.4. The molecule has 1 atom stereocenters. The van der Waals surface area contributed by atoms with Crippen molar-refractivity contribution >= 4 is 5.91 Å². The van der Waals surface area contributed by atoms with Gasteiger partial charge in [-0.05, 0) is 43.0 Å². The van der Waals surface area contributed by atoms with Crippen molar-refractivity contribution in [1.82, 2.24) is 14.9 Å². The lowest BCUT2D eigenvalue weighted by atomic mass is 9.93. The molecule has 0 saturated heterocycles. The summed E-state index contributed by atoms with van der Waals surface area (Å²) in [6.07, 6.45) is 6.67. The van der Waals surface area contributed by atoms with Crippen molar-refractivity contribution < 1.29 is 9.18 Å². The van der Waals surface area contributed by atoms with Crippen LogP contribution in [0.1, 0.15) is 36.2 Å². The zero-order chi connectivity index (χ0) is 15.5. The molecule has 0 fully saturated rings. The molecular formula is C17H18FN3O. The number of rotatable bonds is 3. The quantitative estimate of drug-likeness (QED) is 0.875. The summed E-state index contributed by atoms with van der Waals surface area (Å²) in [5, 5.41) is 0. The fraction of sp³-hybridized carbons (Fsp3) is 0.353. The smallest absolute Gasteiger partial charge is 0.223 e. The molecule has 1 aliphatic heterocycles. The highest BCUT2D eigenvalue weighted by molar-refractivity contribution is 5.77. The molecule has 2 heterocycles. The summed E-state index contributed by atoms with van der Waals surface area (Å²) in [4.78, 5) is 22.5. The van der Waals surface area contributed by atoms with Crippen LogP contribution in [0.25, 0.3) is 0 Å². The molecule has 0 radical (unpaired) electrons. The Morgan fingerprint density at radius 3 is 3.05 bits per heavy atom. The van der Waals surface area contributed by atoms with Gasteiger partial charge in [0.2, 0.25) is 5.91 Å². The van der Waals surface area contributed by atoms with Crippen LogP contribution >= 0.6 is 0 Å². The minimum Gasteiger partial charge on any atom is -0.336 e. The molecule has 3 rings (SSSR count). The van der Waals surface area contributed by atoms with Crippen LogP contribution in [-0.4, -0.2) is 27.3 Å². The standard InChI is InChI=1S/C17H18FN3O/c1-12-16-10-14(18)3-2-13(16)6-9-21(12)17(22)5-4-15-11-19-7-8-20-15/h2-3,7-8,10-12H,4-6,9H2,1H3/t12-/m1/s1. The van der Waals surface area contributed by atoms with Crippen molar-refractivity contribution in [3.05, 3.63) is 59.4 Å². The number of carbonyl (C=O) groups excluding carboxylic acids is 1. The van der Waals surface area contributed by atoms with E-state index in [0.717, 1.165) is 23.2 Å². The van der Waals surface area contributed by atoms with Crippen LogP contribution < -0.4 is 0 Å². The van der Waals surface area contributed by atoms with Gasteiger partial charge in [0, 0.05) is 31.6 Å². The van der Waals surface area contributed by atoms with E-state index in [0.29, 0.717) is 19.4 Å². The van der Waals surface area contributed by atoms with E-state index in [1.165, 1.54) is 6.07 Å². The van der Waals surface area contributed by atoms with E-state index in [-0.39, 0.29) is 17.8 Å². The largest absolute Gasteiger partial charge is 0.336 e. The molecule has 22 heavy (non-hydrogen) atoms. The second kappa shape index (κ2) is 6.22. The Balaban J connectivity index is 1.69. The summed E-state index contributed by atoms with van der Waals surface area (Å²) in [5.74, 6) is -0.174. The Kier molecular flexibility index (Phi) is 4.13. The third kappa shape index (κ3) is 2.98. The van der Waals surface area contributed by atoms with Crippen molar-refractivity contribution in [1.29, 1.82) is 0 Å². The predicted octanol–water partition coefficient (Wildman–Crippen LogP) is 2.69. The van der Waals surface area contributed by atoms with Crippen LogP contribution in [0.2, 0.25) is 0 Å². The SMILES string of the molecule is C[C@@H]1c2cc(F)ccc2CCN1C(=O)CCc1cnccn1. The van der Waals surface area contributed by atoms with Gasteiger partial charge in [0.25, 0.3) is 0 Å². The normalized spacial score (nSPS) is 17.2. The minimum absolute atomic E-state index is 0.0769. The van der Waals surface area contributed by atoms with Crippen LogP contribution in [0.15, 0.2) is 36.8 Å². The Bertz CT molecular complexity index is 675. The van der Waals surface area contributed by atoms with E-state index >= 15 is 0 Å². The van der Waals surface area contributed by atoms with Gasteiger partial charge in [0.1, 0.15) is 5.82 Å². The molecule has 0 saturated carbocycles. The first-order chi connectivity index (χ1) is 10.6. The second-order valence-electron chi connectivity index (χ2n) is 5.55. The number of carbonyl (C=O) groups is 1. The average molecular weight is 299 g/mol. The lowest BCUT2D eigenvalue weighted by molar-refractivity contribution is -0.133. The maximum Gasteiger partial charge on any atom is 0.223 e. The third-order valence-corrected chi connectivity index (χ3v) is 4.18. The molecular weight excluding hydrogens is 281 g/mol. The summed E-state index contributed by atoms with van der Waals surface area (Å²) in [6.45, 7) is 2.64. The molecule has 1 aliphatic rings. The van der Waals surface area contributed by atoms with Crippen LogP contribution in [0.5, 0.6) is 0 Å². The maximum atomic E-state index is 13.4. The number of nitrogens with zero attached hydrogens (tertiary/aromatic N) is 3. The molecule has 0 spiro atoms. The number of halogens is 1. The summed E-state index contributed by atoms with van der Waals surface area (Å²) < 4.78 is 13.4. The Labute approximate surface area is 129 Å². The lowest BCUT2D eigenvalue weighted by Crippen LogP contribution is -2.39. The number of amides is 1. The molecule has 0 unspecified atom stereocenters. The highest BCUT2D eigenvalue weighted by Gasteiger charge is 2.27. The van der Waals surface area contributed by atoms with Gasteiger partial charge in [0.05, 0.1) is 11.7 Å². The molecule has 0 N–H and O–H groups in total. The van der Waals surface area contributed by atoms with E-state index < -0.39 is 0 Å². The van der Waals surface area contributed by atoms with E-state index in [1.807, 2.05) is 17.9 Å². The number of benzene rings is 1. The monoisotopic (exact) mass is 299 g/mol. The van der Waals surface area contributed by atoms with Crippen molar-refractivity contribution in [2.24, 2.45) is 0 Å². The van der Waals surface area contributed by atoms with Crippen molar-refractivity contribution in [3.63, 3.8) is 0 Å². The Hall–Kier alpha value is -2.30. The Morgan fingerprint density at radius 2 is 2.27 bits per heavy atom. The van der Waals surface area contributed by atoms with Crippen molar-refractivity contribution in [2.45, 2.75) is 32.2 Å². The average Bonchev–Trinajstić information content (AvgIpc) is 2.54. The van der Waals surface area contributed by atoms with Crippen LogP contribution in [0.4, 0.5) is 4.39 Å². The van der Waals surface area contributed by atoms with Crippen LogP contribution in [-0.2, 0) is 17.6 Å². The number of hydrogen-bond donors (Lipinski definition) is 0. The molecule has 0 aliphatic carbocycles. The van der Waals surface area contributed by atoms with Crippen LogP contribution in [0, 0.1) is 5.82 Å². The van der Waals surface area contributed by atoms with Gasteiger partial charge in [0.15, 0.2) is 0 Å². The number of aromatic nitrogens is 2. The zero-order valence-corrected chi connectivity index (χ0v) is 12.5. The number of aryl methyl sites for hydroxylation is 1. The van der Waals surface area contributed by atoms with Gasteiger partial charge in [-0.25, -0.2) is 4.39 Å². The minimum atomic E-state index is -0.251. The summed E-state index contributed by atoms with van der Waals surface area (Å²) in [5.41, 5.74) is 2.86. The van der Waals surface area contributed by atoms with Gasteiger partial charge in [-0.15, -0.1) is 0 Å². The third-order valence-electron chi connectivity index (χ3n) is 4.18. The van der Waals surface area contributed by atoms with Gasteiger partial charge < -0.3 is 4.90 Å². The second-order valence-corrected chi connectivity index (χ2v) is 5.55. The van der Waals surface area contributed by atoms with Crippen molar-refractivity contribution in [3.8, 4) is 0 Å². The first kappa shape index (κ1) is 14.6. The first-order valence-electron chi connectivity index (χ1n) is 7.48. The van der Waals surface area contributed by atoms with E-state index in [4.69, 9.17) is 0 Å². The molecule has 4 nitrogen and oxygen atoms in total. The molecule has 114 valence electrons. The molecule has 5 heteroatoms. The Morgan fingerprint density at radius 1 is 1.41 bits per heavy atom. The van der Waals surface area contributed by atoms with E-state index in [1.54, 1.807) is 24.7 Å². The topological polar surface area (TPSA) is 46.1 Å². The highest BCUT2D eigenvalue weighted by Crippen LogP contribution is 2.30. The lowest BCUT2D eigenvalue weighted by Gasteiger charge is -2.35. The van der Waals surface area contributed by atoms with Crippen molar-refractivity contribution in [2.75, 3.05) is 6.54 Å². The zero-order valence-electron chi connectivity index (χ0n) is 12.5. The molecule has 1 amide bonds. The highest BCUT2D eigenvalue weighted by atomic mass is 19.1. The van der Waals surface area contributed by atoms with E-state index in [2.05, 4.69) is 9.97 Å². The molecule has 1 aromatic heterocycles. The summed E-state index contributed by atoms with van der Waals surface area (Å²) in [7, 11) is 0. The van der Waals surface area contributed by atoms with E-state index in [9.17, 15) is 9.18 Å². The predicted molar refractivity (Wildman–Crippen MR) is 80.6 cm³/mol. The van der Waals surface area contributed by atoms with Gasteiger partial charge in [-0.2, -0.15) is 0 Å². The first-order valence-corrected chi connectivity index (χ1v) is 7.48. The fourth-order valence-corrected chi connectivity index (χ4v) is 2.96.